The number of anilines is 1. The van der Waals surface area contributed by atoms with Crippen molar-refractivity contribution in [3.63, 3.8) is 0 Å². The number of ketones is 1. The van der Waals surface area contributed by atoms with Crippen LogP contribution >= 0.6 is 0 Å². The van der Waals surface area contributed by atoms with Crippen LogP contribution in [0.5, 0.6) is 5.88 Å². The van der Waals surface area contributed by atoms with Crippen LogP contribution in [0.1, 0.15) is 39.2 Å². The molecule has 0 fully saturated rings. The molecule has 2 aromatic carbocycles. The number of rotatable bonds is 7. The molecular weight excluding hydrogens is 416 g/mol. The first kappa shape index (κ1) is 22.2. The van der Waals surface area contributed by atoms with E-state index in [0.717, 1.165) is 27.9 Å². The van der Waals surface area contributed by atoms with E-state index in [1.807, 2.05) is 39.1 Å². The molecule has 0 unspecified atom stereocenters. The Kier molecular flexibility index (Phi) is 6.22. The average molecular weight is 443 g/mol. The third kappa shape index (κ3) is 4.48. The highest BCUT2D eigenvalue weighted by Crippen LogP contribution is 2.30. The molecule has 0 saturated heterocycles. The van der Waals surface area contributed by atoms with Gasteiger partial charge in [-0.1, -0.05) is 42.5 Å². The van der Waals surface area contributed by atoms with E-state index >= 15 is 0 Å². The number of aromatic nitrogens is 3. The van der Waals surface area contributed by atoms with Crippen LogP contribution in [0.4, 0.5) is 5.69 Å². The van der Waals surface area contributed by atoms with Crippen molar-refractivity contribution in [3.8, 4) is 5.88 Å². The lowest BCUT2D eigenvalue weighted by Crippen LogP contribution is -2.14. The maximum absolute atomic E-state index is 12.7. The number of hydrogen-bond acceptors (Lipinski definition) is 5. The maximum atomic E-state index is 12.7. The zero-order chi connectivity index (χ0) is 23.5. The van der Waals surface area contributed by atoms with Gasteiger partial charge in [-0.25, -0.2) is 9.67 Å². The topological polar surface area (TPSA) is 86.1 Å². The number of nitrogens with one attached hydrogen (secondary N) is 1. The molecular formula is C26H26N4O3. The van der Waals surface area contributed by atoms with Gasteiger partial charge in [-0.2, -0.15) is 0 Å². The van der Waals surface area contributed by atoms with Crippen molar-refractivity contribution in [2.45, 2.75) is 26.7 Å². The fourth-order valence-electron chi connectivity index (χ4n) is 4.06. The molecule has 7 nitrogen and oxygen atoms in total. The average Bonchev–Trinajstić information content (AvgIpc) is 3.14. The van der Waals surface area contributed by atoms with Crippen molar-refractivity contribution in [2.24, 2.45) is 7.05 Å². The highest BCUT2D eigenvalue weighted by molar-refractivity contribution is 6.09. The zero-order valence-corrected chi connectivity index (χ0v) is 19.2. The molecule has 33 heavy (non-hydrogen) atoms. The minimum absolute atomic E-state index is 0.0808. The summed E-state index contributed by atoms with van der Waals surface area (Å²) < 4.78 is 7.12. The summed E-state index contributed by atoms with van der Waals surface area (Å²) in [5, 5.41) is 8.15. The van der Waals surface area contributed by atoms with E-state index < -0.39 is 0 Å². The maximum Gasteiger partial charge on any atom is 0.242 e. The van der Waals surface area contributed by atoms with Gasteiger partial charge in [0.2, 0.25) is 11.8 Å². The van der Waals surface area contributed by atoms with Gasteiger partial charge in [-0.3, -0.25) is 9.59 Å². The molecule has 0 atom stereocenters. The van der Waals surface area contributed by atoms with Gasteiger partial charge in [-0.05, 0) is 43.5 Å². The summed E-state index contributed by atoms with van der Waals surface area (Å²) in [6, 6.07) is 16.1. The molecule has 2 heterocycles. The standard InChI is InChI=1S/C26H26N4O3/c1-16-21(17(2)27-25-23(16)26(33-4)29-30(25)3)13-14-22(31)28-20-12-8-11-19(15-20)24(32)18-9-6-5-7-10-18/h5-12,15H,13-14H2,1-4H3,(H,28,31). The van der Waals surface area contributed by atoms with Crippen LogP contribution in [-0.2, 0) is 18.3 Å². The number of fused-ring (bicyclic) bond motifs is 1. The van der Waals surface area contributed by atoms with Gasteiger partial charge >= 0.3 is 0 Å². The number of hydrogen-bond donors (Lipinski definition) is 1. The van der Waals surface area contributed by atoms with Crippen LogP contribution in [0, 0.1) is 13.8 Å². The van der Waals surface area contributed by atoms with E-state index in [0.29, 0.717) is 29.1 Å². The lowest BCUT2D eigenvalue weighted by molar-refractivity contribution is -0.116. The van der Waals surface area contributed by atoms with E-state index in [1.54, 1.807) is 48.2 Å². The highest BCUT2D eigenvalue weighted by atomic mass is 16.5. The summed E-state index contributed by atoms with van der Waals surface area (Å²) in [4.78, 5) is 30.1. The summed E-state index contributed by atoms with van der Waals surface area (Å²) >= 11 is 0. The predicted octanol–water partition coefficient (Wildman–Crippen LogP) is 4.40. The number of amides is 1. The number of methoxy groups -OCH3 is 1. The first-order valence-corrected chi connectivity index (χ1v) is 10.8. The van der Waals surface area contributed by atoms with Crippen molar-refractivity contribution in [3.05, 3.63) is 82.5 Å². The third-order valence-electron chi connectivity index (χ3n) is 5.76. The Bertz CT molecular complexity index is 1340. The van der Waals surface area contributed by atoms with E-state index in [1.165, 1.54) is 0 Å². The lowest BCUT2D eigenvalue weighted by Gasteiger charge is -2.12. The Labute approximate surface area is 192 Å². The Morgan fingerprint density at radius 2 is 1.76 bits per heavy atom. The van der Waals surface area contributed by atoms with Gasteiger partial charge in [0.05, 0.1) is 12.5 Å². The van der Waals surface area contributed by atoms with Gasteiger partial charge in [0.25, 0.3) is 0 Å². The second kappa shape index (κ2) is 9.24. The number of carbonyl (C=O) groups excluding carboxylic acids is 2. The second-order valence-corrected chi connectivity index (χ2v) is 7.96. The second-order valence-electron chi connectivity index (χ2n) is 7.96. The van der Waals surface area contributed by atoms with Gasteiger partial charge in [0.15, 0.2) is 11.4 Å². The summed E-state index contributed by atoms with van der Waals surface area (Å²) in [7, 11) is 3.42. The number of nitrogens with zero attached hydrogens (tertiary/aromatic N) is 3. The molecule has 0 aliphatic rings. The summed E-state index contributed by atoms with van der Waals surface area (Å²) in [5.41, 5.74) is 5.40. The van der Waals surface area contributed by atoms with Gasteiger partial charge in [0.1, 0.15) is 0 Å². The molecule has 2 aromatic heterocycles. The third-order valence-corrected chi connectivity index (χ3v) is 5.76. The van der Waals surface area contributed by atoms with Crippen molar-refractivity contribution >= 4 is 28.4 Å². The Morgan fingerprint density at radius 3 is 2.48 bits per heavy atom. The van der Waals surface area contributed by atoms with Crippen molar-refractivity contribution in [2.75, 3.05) is 12.4 Å². The lowest BCUT2D eigenvalue weighted by atomic mass is 10.00. The highest BCUT2D eigenvalue weighted by Gasteiger charge is 2.18. The molecule has 0 spiro atoms. The molecule has 0 saturated carbocycles. The summed E-state index contributed by atoms with van der Waals surface area (Å²) in [6.45, 7) is 3.95. The summed E-state index contributed by atoms with van der Waals surface area (Å²) in [5.74, 6) is 0.321. The molecule has 4 rings (SSSR count). The monoisotopic (exact) mass is 442 g/mol. The van der Waals surface area contributed by atoms with Gasteiger partial charge < -0.3 is 10.1 Å². The molecule has 1 N–H and O–H groups in total. The van der Waals surface area contributed by atoms with Crippen LogP contribution in [0.15, 0.2) is 54.6 Å². The fraction of sp³-hybridized carbons (Fsp3) is 0.231. The minimum atomic E-state index is -0.128. The molecule has 4 aromatic rings. The van der Waals surface area contributed by atoms with E-state index in [2.05, 4.69) is 15.4 Å². The van der Waals surface area contributed by atoms with Crippen molar-refractivity contribution < 1.29 is 14.3 Å². The minimum Gasteiger partial charge on any atom is -0.479 e. The van der Waals surface area contributed by atoms with Crippen molar-refractivity contribution in [1.29, 1.82) is 0 Å². The Balaban J connectivity index is 1.48. The van der Waals surface area contributed by atoms with Crippen LogP contribution in [0.3, 0.4) is 0 Å². The van der Waals surface area contributed by atoms with E-state index in [9.17, 15) is 9.59 Å². The van der Waals surface area contributed by atoms with Gasteiger partial charge in [-0.15, -0.1) is 5.10 Å². The number of pyridine rings is 1. The first-order chi connectivity index (χ1) is 15.9. The number of benzene rings is 2. The molecule has 1 amide bonds. The van der Waals surface area contributed by atoms with Crippen LogP contribution in [-0.4, -0.2) is 33.6 Å². The van der Waals surface area contributed by atoms with Crippen LogP contribution in [0.25, 0.3) is 11.0 Å². The molecule has 0 bridgehead atoms. The quantitative estimate of drug-likeness (QED) is 0.429. The van der Waals surface area contributed by atoms with E-state index in [-0.39, 0.29) is 18.1 Å². The molecule has 0 aliphatic carbocycles. The Morgan fingerprint density at radius 1 is 1.03 bits per heavy atom. The largest absolute Gasteiger partial charge is 0.479 e. The normalized spacial score (nSPS) is 10.9. The van der Waals surface area contributed by atoms with Crippen LogP contribution in [0.2, 0.25) is 0 Å². The first-order valence-electron chi connectivity index (χ1n) is 10.8. The molecule has 168 valence electrons. The molecule has 7 heteroatoms. The predicted molar refractivity (Wildman–Crippen MR) is 128 cm³/mol. The smallest absolute Gasteiger partial charge is 0.242 e. The number of ether oxygens (including phenoxy) is 1. The van der Waals surface area contributed by atoms with E-state index in [4.69, 9.17) is 4.74 Å². The molecule has 0 aliphatic heterocycles. The fourth-order valence-corrected chi connectivity index (χ4v) is 4.06. The zero-order valence-electron chi connectivity index (χ0n) is 19.2. The Hall–Kier alpha value is -4.00. The SMILES string of the molecule is COc1nn(C)c2nc(C)c(CCC(=O)Nc3cccc(C(=O)c4ccccc4)c3)c(C)c12. The number of aryl methyl sites for hydroxylation is 3. The summed E-state index contributed by atoms with van der Waals surface area (Å²) in [6.07, 6.45) is 0.821. The molecule has 0 radical (unpaired) electrons. The van der Waals surface area contributed by atoms with Crippen molar-refractivity contribution in [1.82, 2.24) is 14.8 Å². The number of carbonyl (C=O) groups is 2. The van der Waals surface area contributed by atoms with Crippen LogP contribution < -0.4 is 10.1 Å². The van der Waals surface area contributed by atoms with Gasteiger partial charge in [0, 0.05) is 36.0 Å².